The van der Waals surface area contributed by atoms with E-state index in [9.17, 15) is 19.7 Å². The van der Waals surface area contributed by atoms with Gasteiger partial charge >= 0.3 is 5.97 Å². The van der Waals surface area contributed by atoms with Crippen LogP contribution in [0.15, 0.2) is 29.1 Å². The molecule has 0 spiro atoms. The monoisotopic (exact) mass is 363 g/mol. The molecule has 0 amide bonds. The molecule has 1 aromatic carbocycles. The first-order valence-corrected chi connectivity index (χ1v) is 8.06. The average Bonchev–Trinajstić information content (AvgIpc) is 3.40. The van der Waals surface area contributed by atoms with Crippen molar-refractivity contribution in [1.82, 2.24) is 9.78 Å². The molecule has 9 heteroatoms. The number of halogens is 1. The van der Waals surface area contributed by atoms with Crippen molar-refractivity contribution < 1.29 is 14.5 Å². The Morgan fingerprint density at radius 3 is 2.80 bits per heavy atom. The number of esters is 1. The van der Waals surface area contributed by atoms with Gasteiger partial charge in [-0.3, -0.25) is 14.9 Å². The van der Waals surface area contributed by atoms with Crippen LogP contribution in [0.5, 0.6) is 0 Å². The summed E-state index contributed by atoms with van der Waals surface area (Å²) in [5, 5.41) is 15.1. The van der Waals surface area contributed by atoms with Gasteiger partial charge < -0.3 is 4.74 Å². The summed E-state index contributed by atoms with van der Waals surface area (Å²) in [5.74, 6) is -0.832. The maximum absolute atomic E-state index is 12.6. The number of aromatic nitrogens is 2. The zero-order valence-electron chi connectivity index (χ0n) is 13.3. The molecule has 1 fully saturated rings. The van der Waals surface area contributed by atoms with Crippen LogP contribution >= 0.6 is 11.6 Å². The second-order valence-corrected chi connectivity index (χ2v) is 5.92. The third-order valence-corrected chi connectivity index (χ3v) is 4.13. The summed E-state index contributed by atoms with van der Waals surface area (Å²) in [6.07, 6.45) is 1.54. The molecule has 3 rings (SSSR count). The van der Waals surface area contributed by atoms with Crippen LogP contribution in [0.4, 0.5) is 5.69 Å². The lowest BCUT2D eigenvalue weighted by atomic mass is 10.1. The van der Waals surface area contributed by atoms with Gasteiger partial charge in [0, 0.05) is 17.7 Å². The van der Waals surface area contributed by atoms with Gasteiger partial charge in [-0.05, 0) is 19.8 Å². The van der Waals surface area contributed by atoms with Crippen molar-refractivity contribution in [2.75, 3.05) is 6.61 Å². The van der Waals surface area contributed by atoms with Gasteiger partial charge in [-0.15, -0.1) is 0 Å². The van der Waals surface area contributed by atoms with Crippen LogP contribution < -0.4 is 5.56 Å². The zero-order valence-corrected chi connectivity index (χ0v) is 14.0. The van der Waals surface area contributed by atoms with E-state index in [-0.39, 0.29) is 34.6 Å². The first-order chi connectivity index (χ1) is 11.9. The van der Waals surface area contributed by atoms with Gasteiger partial charge in [0.15, 0.2) is 0 Å². The second-order valence-electron chi connectivity index (χ2n) is 5.55. The number of carbonyl (C=O) groups is 1. The van der Waals surface area contributed by atoms with Crippen LogP contribution in [-0.4, -0.2) is 27.3 Å². The quantitative estimate of drug-likeness (QED) is 0.459. The van der Waals surface area contributed by atoms with Crippen molar-refractivity contribution in [2.24, 2.45) is 0 Å². The van der Waals surface area contributed by atoms with E-state index < -0.39 is 16.5 Å². The van der Waals surface area contributed by atoms with Crippen LogP contribution in [0.2, 0.25) is 5.02 Å². The lowest BCUT2D eigenvalue weighted by Gasteiger charge is -2.12. The Hall–Kier alpha value is -2.74. The van der Waals surface area contributed by atoms with E-state index >= 15 is 0 Å². The molecule has 1 saturated carbocycles. The van der Waals surface area contributed by atoms with Crippen molar-refractivity contribution >= 4 is 23.3 Å². The molecule has 0 aliphatic heterocycles. The lowest BCUT2D eigenvalue weighted by molar-refractivity contribution is -0.384. The van der Waals surface area contributed by atoms with Gasteiger partial charge in [0.1, 0.15) is 11.3 Å². The molecule has 1 heterocycles. The summed E-state index contributed by atoms with van der Waals surface area (Å²) in [5.41, 5.74) is -0.566. The molecule has 2 aromatic rings. The number of ether oxygens (including phenoxy) is 1. The normalized spacial score (nSPS) is 13.5. The summed E-state index contributed by atoms with van der Waals surface area (Å²) >= 11 is 6.26. The Morgan fingerprint density at radius 2 is 2.20 bits per heavy atom. The summed E-state index contributed by atoms with van der Waals surface area (Å²) in [6, 6.07) is 5.60. The van der Waals surface area contributed by atoms with Gasteiger partial charge in [-0.2, -0.15) is 5.10 Å². The molecular formula is C16H14ClN3O5. The third kappa shape index (κ3) is 3.25. The molecule has 0 N–H and O–H groups in total. The number of nitro groups is 1. The van der Waals surface area contributed by atoms with E-state index in [1.165, 1.54) is 22.9 Å². The summed E-state index contributed by atoms with van der Waals surface area (Å²) < 4.78 is 6.14. The second kappa shape index (κ2) is 6.64. The van der Waals surface area contributed by atoms with E-state index in [0.29, 0.717) is 5.56 Å². The minimum Gasteiger partial charge on any atom is -0.462 e. The maximum atomic E-state index is 12.6. The number of hydrogen-bond acceptors (Lipinski definition) is 6. The Bertz CT molecular complexity index is 920. The average molecular weight is 364 g/mol. The SMILES string of the molecule is CCOC(=O)c1c(Cl)c(-c2cccc([N+](=O)[O-])c2)nn(C2CC2)c1=O. The molecule has 1 aliphatic carbocycles. The van der Waals surface area contributed by atoms with E-state index in [1.54, 1.807) is 13.0 Å². The highest BCUT2D eigenvalue weighted by Crippen LogP contribution is 2.36. The standard InChI is InChI=1S/C16H14ClN3O5/c1-2-25-16(22)12-13(17)14(18-19(15(12)21)10-6-7-10)9-4-3-5-11(8-9)20(23)24/h3-5,8,10H,2,6-7H2,1H3. The first kappa shape index (κ1) is 17.1. The topological polar surface area (TPSA) is 104 Å². The van der Waals surface area contributed by atoms with Crippen molar-refractivity contribution in [1.29, 1.82) is 0 Å². The molecule has 0 atom stereocenters. The molecule has 1 aliphatic rings. The van der Waals surface area contributed by atoms with Gasteiger partial charge in [-0.25, -0.2) is 9.48 Å². The molecule has 0 saturated heterocycles. The van der Waals surface area contributed by atoms with Crippen LogP contribution in [0.25, 0.3) is 11.3 Å². The Morgan fingerprint density at radius 1 is 1.48 bits per heavy atom. The first-order valence-electron chi connectivity index (χ1n) is 7.68. The van der Waals surface area contributed by atoms with Gasteiger partial charge in [0.05, 0.1) is 22.6 Å². The Kier molecular flexibility index (Phi) is 4.54. The number of benzene rings is 1. The number of non-ortho nitro benzene ring substituents is 1. The van der Waals surface area contributed by atoms with E-state index in [2.05, 4.69) is 5.10 Å². The van der Waals surface area contributed by atoms with Gasteiger partial charge in [-0.1, -0.05) is 23.7 Å². The highest BCUT2D eigenvalue weighted by atomic mass is 35.5. The number of nitro benzene ring substituents is 1. The van der Waals surface area contributed by atoms with Crippen LogP contribution in [0.3, 0.4) is 0 Å². The predicted molar refractivity (Wildman–Crippen MR) is 89.8 cm³/mol. The Balaban J connectivity index is 2.23. The van der Waals surface area contributed by atoms with Crippen molar-refractivity contribution in [3.63, 3.8) is 0 Å². The summed E-state index contributed by atoms with van der Waals surface area (Å²) in [6.45, 7) is 1.71. The lowest BCUT2D eigenvalue weighted by Crippen LogP contribution is -2.30. The van der Waals surface area contributed by atoms with Crippen molar-refractivity contribution in [3.8, 4) is 11.3 Å². The number of hydrogen-bond donors (Lipinski definition) is 0. The zero-order chi connectivity index (χ0) is 18.1. The third-order valence-electron chi connectivity index (χ3n) is 3.76. The molecule has 0 unspecified atom stereocenters. The minimum atomic E-state index is -0.832. The molecule has 130 valence electrons. The van der Waals surface area contributed by atoms with Gasteiger partial charge in [0.2, 0.25) is 0 Å². The maximum Gasteiger partial charge on any atom is 0.345 e. The highest BCUT2D eigenvalue weighted by Gasteiger charge is 2.31. The number of rotatable bonds is 5. The Labute approximate surface area is 147 Å². The fraction of sp³-hybridized carbons (Fsp3) is 0.312. The molecule has 0 bridgehead atoms. The molecule has 25 heavy (non-hydrogen) atoms. The molecule has 1 aromatic heterocycles. The fourth-order valence-corrected chi connectivity index (χ4v) is 2.73. The molecular weight excluding hydrogens is 350 g/mol. The van der Waals surface area contributed by atoms with Crippen molar-refractivity contribution in [3.05, 3.63) is 55.3 Å². The van der Waals surface area contributed by atoms with Crippen LogP contribution in [-0.2, 0) is 4.74 Å². The van der Waals surface area contributed by atoms with E-state index in [0.717, 1.165) is 12.8 Å². The number of nitrogens with zero attached hydrogens (tertiary/aromatic N) is 3. The predicted octanol–water partition coefficient (Wildman–Crippen LogP) is 2.98. The minimum absolute atomic E-state index is 0.0898. The van der Waals surface area contributed by atoms with Crippen molar-refractivity contribution in [2.45, 2.75) is 25.8 Å². The largest absolute Gasteiger partial charge is 0.462 e. The summed E-state index contributed by atoms with van der Waals surface area (Å²) in [4.78, 5) is 35.2. The molecule has 8 nitrogen and oxygen atoms in total. The van der Waals surface area contributed by atoms with Crippen LogP contribution in [0, 0.1) is 10.1 Å². The van der Waals surface area contributed by atoms with E-state index in [4.69, 9.17) is 16.3 Å². The molecule has 0 radical (unpaired) electrons. The highest BCUT2D eigenvalue weighted by molar-refractivity contribution is 6.35. The smallest absolute Gasteiger partial charge is 0.345 e. The van der Waals surface area contributed by atoms with Gasteiger partial charge in [0.25, 0.3) is 11.2 Å². The summed E-state index contributed by atoms with van der Waals surface area (Å²) in [7, 11) is 0. The van der Waals surface area contributed by atoms with Crippen LogP contribution in [0.1, 0.15) is 36.2 Å². The van der Waals surface area contributed by atoms with E-state index in [1.807, 2.05) is 0 Å². The fourth-order valence-electron chi connectivity index (χ4n) is 2.42. The number of carbonyl (C=O) groups excluding carboxylic acids is 1.